The molecule has 2 rings (SSSR count). The maximum Gasteiger partial charge on any atom is 0.168 e. The minimum atomic E-state index is 0.250. The first kappa shape index (κ1) is 12.2. The van der Waals surface area contributed by atoms with E-state index in [1.54, 1.807) is 18.7 Å². The van der Waals surface area contributed by atoms with E-state index in [1.165, 1.54) is 0 Å². The number of hydrogen-bond donors (Lipinski definition) is 0. The zero-order valence-electron chi connectivity index (χ0n) is 10.1. The second-order valence-corrected chi connectivity index (χ2v) is 4.82. The number of fused-ring (bicyclic) bond motifs is 1. The minimum absolute atomic E-state index is 0.250. The van der Waals surface area contributed by atoms with Gasteiger partial charge in [0.25, 0.3) is 0 Å². The van der Waals surface area contributed by atoms with Gasteiger partial charge < -0.3 is 9.36 Å². The van der Waals surface area contributed by atoms with Crippen LogP contribution in [0.3, 0.4) is 0 Å². The molecule has 1 aromatic carbocycles. The summed E-state index contributed by atoms with van der Waals surface area (Å²) in [6.07, 6.45) is 3.55. The van der Waals surface area contributed by atoms with Crippen LogP contribution in [0.1, 0.15) is 19.8 Å². The van der Waals surface area contributed by atoms with E-state index in [2.05, 4.69) is 15.6 Å². The highest BCUT2D eigenvalue weighted by molar-refractivity contribution is 7.98. The number of Topliss-reactive ketones (excluding diaryl/α,β-unsaturated/α-hetero) is 1. The van der Waals surface area contributed by atoms with Crippen molar-refractivity contribution < 1.29 is 4.79 Å². The molecule has 0 aliphatic carbocycles. The Bertz CT molecular complexity index is 533. The number of aryl methyl sites for hydroxylation is 1. The van der Waals surface area contributed by atoms with Gasteiger partial charge in [0.15, 0.2) is 5.16 Å². The Kier molecular flexibility index (Phi) is 3.84. The summed E-state index contributed by atoms with van der Waals surface area (Å²) in [6.45, 7) is 2.50. The maximum absolute atomic E-state index is 11.0. The molecule has 17 heavy (non-hydrogen) atoms. The quantitative estimate of drug-likeness (QED) is 0.762. The zero-order valence-corrected chi connectivity index (χ0v) is 11.0. The Balaban J connectivity index is 2.27. The molecular formula is C13H16N2OS. The summed E-state index contributed by atoms with van der Waals surface area (Å²) in [6, 6.07) is 8.13. The van der Waals surface area contributed by atoms with Crippen LogP contribution < -0.4 is 0 Å². The van der Waals surface area contributed by atoms with Crippen molar-refractivity contribution in [3.63, 3.8) is 0 Å². The fourth-order valence-corrected chi connectivity index (χ4v) is 2.51. The lowest BCUT2D eigenvalue weighted by Gasteiger charge is -2.06. The van der Waals surface area contributed by atoms with Gasteiger partial charge in [-0.25, -0.2) is 4.98 Å². The summed E-state index contributed by atoms with van der Waals surface area (Å²) in [5.41, 5.74) is 2.18. The predicted octanol–water partition coefficient (Wildman–Crippen LogP) is 3.13. The summed E-state index contributed by atoms with van der Waals surface area (Å²) >= 11 is 1.65. The van der Waals surface area contributed by atoms with Gasteiger partial charge in [-0.15, -0.1) is 0 Å². The minimum Gasteiger partial charge on any atom is -0.319 e. The van der Waals surface area contributed by atoms with E-state index in [-0.39, 0.29) is 5.78 Å². The highest BCUT2D eigenvalue weighted by Gasteiger charge is 2.08. The molecule has 0 amide bonds. The Hall–Kier alpha value is -1.29. The van der Waals surface area contributed by atoms with Crippen LogP contribution in [0.15, 0.2) is 29.4 Å². The van der Waals surface area contributed by atoms with Gasteiger partial charge in [0.2, 0.25) is 0 Å². The predicted molar refractivity (Wildman–Crippen MR) is 71.4 cm³/mol. The molecule has 0 saturated heterocycles. The number of rotatable bonds is 5. The van der Waals surface area contributed by atoms with Crippen LogP contribution in [0.4, 0.5) is 0 Å². The summed E-state index contributed by atoms with van der Waals surface area (Å²) in [4.78, 5) is 15.5. The van der Waals surface area contributed by atoms with E-state index in [4.69, 9.17) is 0 Å². The van der Waals surface area contributed by atoms with Gasteiger partial charge in [-0.1, -0.05) is 23.9 Å². The number of imidazole rings is 1. The lowest BCUT2D eigenvalue weighted by atomic mass is 10.2. The van der Waals surface area contributed by atoms with Crippen molar-refractivity contribution in [2.45, 2.75) is 31.5 Å². The zero-order chi connectivity index (χ0) is 12.3. The van der Waals surface area contributed by atoms with Crippen molar-refractivity contribution in [3.8, 4) is 0 Å². The largest absolute Gasteiger partial charge is 0.319 e. The molecule has 2 aromatic rings. The van der Waals surface area contributed by atoms with Crippen LogP contribution >= 0.6 is 11.8 Å². The third-order valence-electron chi connectivity index (χ3n) is 2.71. The molecule has 0 saturated carbocycles. The molecule has 3 nitrogen and oxygen atoms in total. The summed E-state index contributed by atoms with van der Waals surface area (Å²) in [7, 11) is 0. The van der Waals surface area contributed by atoms with Crippen molar-refractivity contribution >= 4 is 28.6 Å². The maximum atomic E-state index is 11.0. The van der Waals surface area contributed by atoms with Crippen molar-refractivity contribution in [2.75, 3.05) is 6.26 Å². The SMILES string of the molecule is CSc1nc2ccccc2n1CCCC(C)=O. The van der Waals surface area contributed by atoms with E-state index in [0.717, 1.165) is 29.2 Å². The standard InChI is InChI=1S/C13H16N2OS/c1-10(16)6-5-9-15-12-8-4-3-7-11(12)14-13(15)17-2/h3-4,7-8H,5-6,9H2,1-2H3. The van der Waals surface area contributed by atoms with Crippen LogP contribution in [0.2, 0.25) is 0 Å². The molecular weight excluding hydrogens is 232 g/mol. The molecule has 0 N–H and O–H groups in total. The average molecular weight is 248 g/mol. The number of carbonyl (C=O) groups is 1. The number of ketones is 1. The number of hydrogen-bond acceptors (Lipinski definition) is 3. The third-order valence-corrected chi connectivity index (χ3v) is 3.39. The number of para-hydroxylation sites is 2. The van der Waals surface area contributed by atoms with Gasteiger partial charge in [-0.2, -0.15) is 0 Å². The van der Waals surface area contributed by atoms with Crippen LogP contribution in [0.25, 0.3) is 11.0 Å². The summed E-state index contributed by atoms with van der Waals surface area (Å²) in [5, 5.41) is 1.02. The molecule has 0 radical (unpaired) electrons. The van der Waals surface area contributed by atoms with E-state index in [0.29, 0.717) is 6.42 Å². The molecule has 0 unspecified atom stereocenters. The van der Waals surface area contributed by atoms with Gasteiger partial charge in [-0.3, -0.25) is 0 Å². The van der Waals surface area contributed by atoms with E-state index >= 15 is 0 Å². The van der Waals surface area contributed by atoms with E-state index in [9.17, 15) is 4.79 Å². The van der Waals surface area contributed by atoms with Crippen molar-refractivity contribution in [1.29, 1.82) is 0 Å². The second kappa shape index (κ2) is 5.36. The molecule has 0 fully saturated rings. The lowest BCUT2D eigenvalue weighted by Crippen LogP contribution is -2.01. The Morgan fingerprint density at radius 2 is 2.18 bits per heavy atom. The first-order valence-electron chi connectivity index (χ1n) is 5.71. The fraction of sp³-hybridized carbons (Fsp3) is 0.385. The Morgan fingerprint density at radius 1 is 1.41 bits per heavy atom. The second-order valence-electron chi connectivity index (χ2n) is 4.04. The number of thioether (sulfide) groups is 1. The first-order chi connectivity index (χ1) is 8.22. The van der Waals surface area contributed by atoms with E-state index < -0.39 is 0 Å². The number of aromatic nitrogens is 2. The third kappa shape index (κ3) is 2.69. The number of carbonyl (C=O) groups excluding carboxylic acids is 1. The smallest absolute Gasteiger partial charge is 0.168 e. The molecule has 1 heterocycles. The van der Waals surface area contributed by atoms with Gasteiger partial charge in [0.05, 0.1) is 11.0 Å². The Morgan fingerprint density at radius 3 is 2.88 bits per heavy atom. The molecule has 0 spiro atoms. The molecule has 4 heteroatoms. The van der Waals surface area contributed by atoms with Gasteiger partial charge in [0.1, 0.15) is 5.78 Å². The first-order valence-corrected chi connectivity index (χ1v) is 6.93. The lowest BCUT2D eigenvalue weighted by molar-refractivity contribution is -0.117. The van der Waals surface area contributed by atoms with Crippen molar-refractivity contribution in [1.82, 2.24) is 9.55 Å². The van der Waals surface area contributed by atoms with Crippen LogP contribution in [-0.4, -0.2) is 21.6 Å². The monoisotopic (exact) mass is 248 g/mol. The van der Waals surface area contributed by atoms with Gasteiger partial charge in [0, 0.05) is 13.0 Å². The molecule has 0 atom stereocenters. The van der Waals surface area contributed by atoms with Crippen LogP contribution in [-0.2, 0) is 11.3 Å². The Labute approximate surface area is 105 Å². The van der Waals surface area contributed by atoms with Crippen molar-refractivity contribution in [2.24, 2.45) is 0 Å². The number of nitrogens with zero attached hydrogens (tertiary/aromatic N) is 2. The normalized spacial score (nSPS) is 10.9. The summed E-state index contributed by atoms with van der Waals surface area (Å²) in [5.74, 6) is 0.250. The number of benzene rings is 1. The molecule has 0 aliphatic heterocycles. The highest BCUT2D eigenvalue weighted by atomic mass is 32.2. The molecule has 1 aromatic heterocycles. The molecule has 90 valence electrons. The molecule has 0 aliphatic rings. The average Bonchev–Trinajstić information content (AvgIpc) is 2.67. The van der Waals surface area contributed by atoms with E-state index in [1.807, 2.05) is 24.5 Å². The molecule has 0 bridgehead atoms. The summed E-state index contributed by atoms with van der Waals surface area (Å²) < 4.78 is 2.20. The van der Waals surface area contributed by atoms with Crippen LogP contribution in [0.5, 0.6) is 0 Å². The van der Waals surface area contributed by atoms with Gasteiger partial charge >= 0.3 is 0 Å². The fourth-order valence-electron chi connectivity index (χ4n) is 1.91. The topological polar surface area (TPSA) is 34.9 Å². The van der Waals surface area contributed by atoms with Gasteiger partial charge in [-0.05, 0) is 31.7 Å². The van der Waals surface area contributed by atoms with Crippen molar-refractivity contribution in [3.05, 3.63) is 24.3 Å². The van der Waals surface area contributed by atoms with Crippen LogP contribution in [0, 0.1) is 0 Å². The highest BCUT2D eigenvalue weighted by Crippen LogP contribution is 2.22.